The highest BCUT2D eigenvalue weighted by Crippen LogP contribution is 2.21. The van der Waals surface area contributed by atoms with Gasteiger partial charge in [0.1, 0.15) is 0 Å². The summed E-state index contributed by atoms with van der Waals surface area (Å²) in [6.45, 7) is 3.64. The van der Waals surface area contributed by atoms with Gasteiger partial charge in [-0.3, -0.25) is 14.4 Å². The lowest BCUT2D eigenvalue weighted by atomic mass is 9.96. The van der Waals surface area contributed by atoms with Crippen molar-refractivity contribution in [3.05, 3.63) is 0 Å². The molecule has 0 aromatic rings. The molecule has 6 nitrogen and oxygen atoms in total. The Bertz CT molecular complexity index is 383. The van der Waals surface area contributed by atoms with Crippen LogP contribution in [0.1, 0.15) is 26.2 Å². The van der Waals surface area contributed by atoms with Gasteiger partial charge in [-0.2, -0.15) is 0 Å². The third-order valence-corrected chi connectivity index (χ3v) is 3.68. The van der Waals surface area contributed by atoms with Crippen molar-refractivity contribution in [2.24, 2.45) is 11.8 Å². The van der Waals surface area contributed by atoms with Gasteiger partial charge in [-0.15, -0.1) is 0 Å². The molecule has 106 valence electrons. The van der Waals surface area contributed by atoms with Crippen LogP contribution in [0.4, 0.5) is 0 Å². The molecule has 2 aliphatic heterocycles. The Morgan fingerprint density at radius 3 is 2.84 bits per heavy atom. The summed E-state index contributed by atoms with van der Waals surface area (Å²) < 4.78 is 5.01. The summed E-state index contributed by atoms with van der Waals surface area (Å²) in [5, 5.41) is 2.67. The first-order chi connectivity index (χ1) is 9.11. The van der Waals surface area contributed by atoms with Gasteiger partial charge in [-0.25, -0.2) is 0 Å². The van der Waals surface area contributed by atoms with Crippen LogP contribution in [-0.2, 0) is 19.1 Å². The summed E-state index contributed by atoms with van der Waals surface area (Å²) in [5.41, 5.74) is 0. The number of hydrogen-bond acceptors (Lipinski definition) is 4. The number of amides is 2. The van der Waals surface area contributed by atoms with E-state index in [2.05, 4.69) is 5.32 Å². The molecule has 0 aromatic heterocycles. The third kappa shape index (κ3) is 3.24. The average Bonchev–Trinajstić information content (AvgIpc) is 2.85. The molecule has 2 heterocycles. The van der Waals surface area contributed by atoms with E-state index < -0.39 is 0 Å². The predicted molar refractivity (Wildman–Crippen MR) is 67.1 cm³/mol. The van der Waals surface area contributed by atoms with Gasteiger partial charge in [-0.05, 0) is 19.8 Å². The van der Waals surface area contributed by atoms with E-state index in [4.69, 9.17) is 4.74 Å². The Morgan fingerprint density at radius 2 is 2.21 bits per heavy atom. The minimum atomic E-state index is -0.270. The van der Waals surface area contributed by atoms with Crippen LogP contribution in [0.5, 0.6) is 0 Å². The molecule has 0 spiro atoms. The maximum atomic E-state index is 12.3. The largest absolute Gasteiger partial charge is 0.466 e. The van der Waals surface area contributed by atoms with E-state index in [0.29, 0.717) is 26.2 Å². The lowest BCUT2D eigenvalue weighted by molar-refractivity contribution is -0.152. The first-order valence-electron chi connectivity index (χ1n) is 6.84. The number of ether oxygens (including phenoxy) is 1. The van der Waals surface area contributed by atoms with E-state index in [-0.39, 0.29) is 36.0 Å². The first-order valence-corrected chi connectivity index (χ1v) is 6.84. The van der Waals surface area contributed by atoms with Gasteiger partial charge < -0.3 is 15.0 Å². The van der Waals surface area contributed by atoms with Crippen molar-refractivity contribution in [1.29, 1.82) is 0 Å². The fourth-order valence-corrected chi connectivity index (χ4v) is 2.67. The van der Waals surface area contributed by atoms with E-state index >= 15 is 0 Å². The number of nitrogens with one attached hydrogen (secondary N) is 1. The number of likely N-dealkylation sites (tertiary alicyclic amines) is 1. The number of rotatable bonds is 3. The van der Waals surface area contributed by atoms with Crippen molar-refractivity contribution in [1.82, 2.24) is 10.2 Å². The molecule has 19 heavy (non-hydrogen) atoms. The number of nitrogens with zero attached hydrogens (tertiary/aromatic N) is 1. The average molecular weight is 268 g/mol. The fourth-order valence-electron chi connectivity index (χ4n) is 2.67. The first kappa shape index (κ1) is 13.8. The smallest absolute Gasteiger partial charge is 0.310 e. The number of esters is 1. The molecule has 2 aliphatic rings. The van der Waals surface area contributed by atoms with Crippen LogP contribution in [-0.4, -0.2) is 48.9 Å². The summed E-state index contributed by atoms with van der Waals surface area (Å²) in [4.78, 5) is 36.8. The molecular formula is C13H20N2O4. The van der Waals surface area contributed by atoms with E-state index in [1.807, 2.05) is 0 Å². The zero-order valence-corrected chi connectivity index (χ0v) is 11.2. The Balaban J connectivity index is 1.91. The second-order valence-electron chi connectivity index (χ2n) is 5.08. The maximum Gasteiger partial charge on any atom is 0.310 e. The molecule has 2 atom stereocenters. The van der Waals surface area contributed by atoms with Crippen molar-refractivity contribution < 1.29 is 19.1 Å². The van der Waals surface area contributed by atoms with Gasteiger partial charge in [0.15, 0.2) is 0 Å². The van der Waals surface area contributed by atoms with Crippen LogP contribution in [0.25, 0.3) is 0 Å². The zero-order valence-electron chi connectivity index (χ0n) is 11.2. The second kappa shape index (κ2) is 6.04. The monoisotopic (exact) mass is 268 g/mol. The molecular weight excluding hydrogens is 248 g/mol. The molecule has 0 aliphatic carbocycles. The molecule has 2 fully saturated rings. The van der Waals surface area contributed by atoms with Crippen molar-refractivity contribution in [3.63, 3.8) is 0 Å². The molecule has 1 unspecified atom stereocenters. The second-order valence-corrected chi connectivity index (χ2v) is 5.08. The van der Waals surface area contributed by atoms with Gasteiger partial charge in [0.2, 0.25) is 11.8 Å². The summed E-state index contributed by atoms with van der Waals surface area (Å²) in [7, 11) is 0. The highest BCUT2D eigenvalue weighted by molar-refractivity contribution is 5.89. The van der Waals surface area contributed by atoms with Crippen LogP contribution in [0, 0.1) is 11.8 Å². The highest BCUT2D eigenvalue weighted by atomic mass is 16.5. The Hall–Kier alpha value is -1.59. The summed E-state index contributed by atoms with van der Waals surface area (Å²) in [6, 6.07) is 0. The van der Waals surface area contributed by atoms with E-state index in [1.165, 1.54) is 0 Å². The SMILES string of the molecule is CCOC(=O)[C@H]1CCCN(C(=O)C2CNC(=O)C2)C1. The van der Waals surface area contributed by atoms with Gasteiger partial charge in [0.25, 0.3) is 0 Å². The molecule has 0 aromatic carbocycles. The standard InChI is InChI=1S/C13H20N2O4/c1-2-19-13(18)9-4-3-5-15(8-9)12(17)10-6-11(16)14-7-10/h9-10H,2-8H2,1H3,(H,14,16)/t9-,10?/m0/s1. The van der Waals surface area contributed by atoms with Gasteiger partial charge in [-0.1, -0.05) is 0 Å². The zero-order chi connectivity index (χ0) is 13.8. The van der Waals surface area contributed by atoms with Crippen molar-refractivity contribution in [2.75, 3.05) is 26.2 Å². The van der Waals surface area contributed by atoms with Gasteiger partial charge >= 0.3 is 5.97 Å². The highest BCUT2D eigenvalue weighted by Gasteiger charge is 2.35. The molecule has 6 heteroatoms. The van der Waals surface area contributed by atoms with Crippen LogP contribution < -0.4 is 5.32 Å². The van der Waals surface area contributed by atoms with Crippen LogP contribution in [0.3, 0.4) is 0 Å². The Labute approximate surface area is 112 Å². The summed E-state index contributed by atoms with van der Waals surface area (Å²) in [6.07, 6.45) is 1.84. The van der Waals surface area contributed by atoms with Crippen molar-refractivity contribution >= 4 is 17.8 Å². The van der Waals surface area contributed by atoms with Gasteiger partial charge in [0.05, 0.1) is 18.4 Å². The lowest BCUT2D eigenvalue weighted by Gasteiger charge is -2.32. The molecule has 1 N–H and O–H groups in total. The molecule has 2 saturated heterocycles. The molecule has 0 radical (unpaired) electrons. The Morgan fingerprint density at radius 1 is 1.42 bits per heavy atom. The van der Waals surface area contributed by atoms with Gasteiger partial charge in [0, 0.05) is 26.1 Å². The van der Waals surface area contributed by atoms with Crippen LogP contribution in [0.2, 0.25) is 0 Å². The normalized spacial score (nSPS) is 27.0. The third-order valence-electron chi connectivity index (χ3n) is 3.68. The van der Waals surface area contributed by atoms with Crippen LogP contribution >= 0.6 is 0 Å². The number of piperidine rings is 1. The van der Waals surface area contributed by atoms with E-state index in [1.54, 1.807) is 11.8 Å². The van der Waals surface area contributed by atoms with E-state index in [9.17, 15) is 14.4 Å². The summed E-state index contributed by atoms with van der Waals surface area (Å²) >= 11 is 0. The van der Waals surface area contributed by atoms with Crippen molar-refractivity contribution in [3.8, 4) is 0 Å². The maximum absolute atomic E-state index is 12.3. The molecule has 2 rings (SSSR count). The molecule has 0 saturated carbocycles. The minimum absolute atomic E-state index is 0.0210. The number of hydrogen-bond donors (Lipinski definition) is 1. The van der Waals surface area contributed by atoms with Crippen molar-refractivity contribution in [2.45, 2.75) is 26.2 Å². The molecule has 0 bridgehead atoms. The lowest BCUT2D eigenvalue weighted by Crippen LogP contribution is -2.45. The minimum Gasteiger partial charge on any atom is -0.466 e. The van der Waals surface area contributed by atoms with Crippen LogP contribution in [0.15, 0.2) is 0 Å². The number of carbonyl (C=O) groups is 3. The number of carbonyl (C=O) groups excluding carboxylic acids is 3. The quantitative estimate of drug-likeness (QED) is 0.727. The Kier molecular flexibility index (Phi) is 4.39. The predicted octanol–water partition coefficient (Wildman–Crippen LogP) is -0.0758. The topological polar surface area (TPSA) is 75.7 Å². The van der Waals surface area contributed by atoms with E-state index in [0.717, 1.165) is 12.8 Å². The molecule has 2 amide bonds. The fraction of sp³-hybridized carbons (Fsp3) is 0.769. The summed E-state index contributed by atoms with van der Waals surface area (Å²) in [5.74, 6) is -0.804.